The second-order valence-electron chi connectivity index (χ2n) is 4.05. The molecule has 0 saturated heterocycles. The summed E-state index contributed by atoms with van der Waals surface area (Å²) in [5, 5.41) is 2.98. The summed E-state index contributed by atoms with van der Waals surface area (Å²) < 4.78 is 2.21. The molecule has 0 unspecified atom stereocenters. The molecule has 0 atom stereocenters. The van der Waals surface area contributed by atoms with Crippen molar-refractivity contribution in [3.63, 3.8) is 0 Å². The molecule has 2 aromatic heterocycles. The molecule has 3 aromatic rings. The van der Waals surface area contributed by atoms with Crippen molar-refractivity contribution in [1.82, 2.24) is 9.55 Å². The summed E-state index contributed by atoms with van der Waals surface area (Å²) in [5.74, 6) is 0. The second kappa shape index (κ2) is 4.96. The molecule has 2 heterocycles. The minimum Gasteiger partial charge on any atom is -0.293 e. The Bertz CT molecular complexity index is 810. The molecule has 1 aromatic carbocycles. The summed E-state index contributed by atoms with van der Waals surface area (Å²) in [5.41, 5.74) is 1.52. The summed E-state index contributed by atoms with van der Waals surface area (Å²) in [6.45, 7) is 0.385. The molecule has 0 aliphatic rings. The van der Waals surface area contributed by atoms with Crippen LogP contribution in [0, 0.1) is 0 Å². The van der Waals surface area contributed by atoms with Crippen LogP contribution in [0.25, 0.3) is 10.2 Å². The Morgan fingerprint density at radius 1 is 1.26 bits per heavy atom. The highest BCUT2D eigenvalue weighted by molar-refractivity contribution is 7.17. The van der Waals surface area contributed by atoms with Gasteiger partial charge in [-0.2, -0.15) is 0 Å². The van der Waals surface area contributed by atoms with Gasteiger partial charge in [0.2, 0.25) is 0 Å². The monoisotopic (exact) mass is 310 g/mol. The lowest BCUT2D eigenvalue weighted by molar-refractivity contribution is 0.750. The van der Waals surface area contributed by atoms with Crippen molar-refractivity contribution in [2.45, 2.75) is 6.54 Å². The molecule has 3 rings (SSSR count). The lowest BCUT2D eigenvalue weighted by atomic mass is 10.2. The highest BCUT2D eigenvalue weighted by Gasteiger charge is 2.07. The minimum atomic E-state index is -0.0500. The summed E-state index contributed by atoms with van der Waals surface area (Å²) >= 11 is 13.4. The van der Waals surface area contributed by atoms with Crippen molar-refractivity contribution >= 4 is 44.8 Å². The third-order valence-corrected chi connectivity index (χ3v) is 4.27. The Morgan fingerprint density at radius 3 is 2.89 bits per heavy atom. The van der Waals surface area contributed by atoms with Crippen LogP contribution in [-0.4, -0.2) is 9.55 Å². The van der Waals surface area contributed by atoms with E-state index in [0.29, 0.717) is 21.3 Å². The lowest BCUT2D eigenvalue weighted by Crippen LogP contribution is -2.20. The van der Waals surface area contributed by atoms with Gasteiger partial charge in [0.15, 0.2) is 0 Å². The van der Waals surface area contributed by atoms with E-state index in [-0.39, 0.29) is 5.56 Å². The fraction of sp³-hybridized carbons (Fsp3) is 0.0769. The van der Waals surface area contributed by atoms with Crippen LogP contribution in [0.2, 0.25) is 10.0 Å². The molecule has 6 heteroatoms. The number of rotatable bonds is 2. The van der Waals surface area contributed by atoms with Crippen molar-refractivity contribution in [1.29, 1.82) is 0 Å². The molecule has 96 valence electrons. The van der Waals surface area contributed by atoms with Gasteiger partial charge in [-0.05, 0) is 29.1 Å². The highest BCUT2D eigenvalue weighted by atomic mass is 35.5. The van der Waals surface area contributed by atoms with E-state index in [4.69, 9.17) is 23.2 Å². The average molecular weight is 311 g/mol. The maximum Gasteiger partial charge on any atom is 0.271 e. The largest absolute Gasteiger partial charge is 0.293 e. The molecule has 0 N–H and O–H groups in total. The molecule has 0 fully saturated rings. The first-order valence-electron chi connectivity index (χ1n) is 5.52. The van der Waals surface area contributed by atoms with Crippen LogP contribution in [-0.2, 0) is 6.54 Å². The zero-order valence-corrected chi connectivity index (χ0v) is 12.0. The predicted octanol–water partition coefficient (Wildman–Crippen LogP) is 3.81. The van der Waals surface area contributed by atoms with Crippen LogP contribution < -0.4 is 5.56 Å². The van der Waals surface area contributed by atoms with Crippen LogP contribution in [0.5, 0.6) is 0 Å². The smallest absolute Gasteiger partial charge is 0.271 e. The van der Waals surface area contributed by atoms with Gasteiger partial charge in [0, 0.05) is 10.0 Å². The van der Waals surface area contributed by atoms with E-state index >= 15 is 0 Å². The molecule has 0 bridgehead atoms. The average Bonchev–Trinajstić information content (AvgIpc) is 2.85. The standard InChI is InChI=1S/C13H8Cl2N2OS/c14-9-2-1-8(10(15)5-9)6-17-7-16-11-3-4-19-12(11)13(17)18/h1-5,7H,6H2. The predicted molar refractivity (Wildman–Crippen MR) is 79.4 cm³/mol. The van der Waals surface area contributed by atoms with Crippen molar-refractivity contribution in [3.05, 3.63) is 61.9 Å². The van der Waals surface area contributed by atoms with Crippen LogP contribution in [0.15, 0.2) is 40.8 Å². The Labute approximate surface area is 123 Å². The molecular formula is C13H8Cl2N2OS. The zero-order chi connectivity index (χ0) is 13.4. The van der Waals surface area contributed by atoms with E-state index in [1.54, 1.807) is 23.0 Å². The molecule has 3 nitrogen and oxygen atoms in total. The quantitative estimate of drug-likeness (QED) is 0.721. The van der Waals surface area contributed by atoms with Crippen molar-refractivity contribution in [2.24, 2.45) is 0 Å². The van der Waals surface area contributed by atoms with Gasteiger partial charge in [-0.15, -0.1) is 11.3 Å². The number of aromatic nitrogens is 2. The Morgan fingerprint density at radius 2 is 2.11 bits per heavy atom. The first-order valence-corrected chi connectivity index (χ1v) is 7.15. The molecule has 0 amide bonds. The highest BCUT2D eigenvalue weighted by Crippen LogP contribution is 2.21. The second-order valence-corrected chi connectivity index (χ2v) is 5.81. The third-order valence-electron chi connectivity index (χ3n) is 2.79. The Balaban J connectivity index is 2.05. The van der Waals surface area contributed by atoms with E-state index in [9.17, 15) is 4.79 Å². The zero-order valence-electron chi connectivity index (χ0n) is 9.64. The van der Waals surface area contributed by atoms with Gasteiger partial charge in [-0.3, -0.25) is 9.36 Å². The summed E-state index contributed by atoms with van der Waals surface area (Å²) in [6.07, 6.45) is 1.54. The number of fused-ring (bicyclic) bond motifs is 1. The third kappa shape index (κ3) is 2.39. The molecule has 0 radical (unpaired) electrons. The number of nitrogens with zero attached hydrogens (tertiary/aromatic N) is 2. The van der Waals surface area contributed by atoms with Gasteiger partial charge in [0.1, 0.15) is 4.70 Å². The van der Waals surface area contributed by atoms with Crippen LogP contribution in [0.4, 0.5) is 0 Å². The van der Waals surface area contributed by atoms with E-state index in [0.717, 1.165) is 11.1 Å². The van der Waals surface area contributed by atoms with E-state index in [2.05, 4.69) is 4.98 Å². The summed E-state index contributed by atoms with van der Waals surface area (Å²) in [7, 11) is 0. The molecule has 0 saturated carbocycles. The Hall–Kier alpha value is -1.36. The first kappa shape index (κ1) is 12.7. The number of hydrogen-bond donors (Lipinski definition) is 0. The number of thiophene rings is 1. The maximum absolute atomic E-state index is 12.2. The van der Waals surface area contributed by atoms with Gasteiger partial charge in [0.25, 0.3) is 5.56 Å². The molecule has 0 spiro atoms. The normalized spacial score (nSPS) is 11.1. The van der Waals surface area contributed by atoms with E-state index < -0.39 is 0 Å². The fourth-order valence-corrected chi connectivity index (χ4v) is 3.09. The SMILES string of the molecule is O=c1c2sccc2ncn1Cc1ccc(Cl)cc1Cl. The number of benzene rings is 1. The van der Waals surface area contributed by atoms with Gasteiger partial charge >= 0.3 is 0 Å². The summed E-state index contributed by atoms with van der Waals surface area (Å²) in [4.78, 5) is 16.5. The summed E-state index contributed by atoms with van der Waals surface area (Å²) in [6, 6.07) is 7.07. The Kier molecular flexibility index (Phi) is 3.31. The van der Waals surface area contributed by atoms with Crippen molar-refractivity contribution in [2.75, 3.05) is 0 Å². The van der Waals surface area contributed by atoms with Gasteiger partial charge in [-0.25, -0.2) is 4.98 Å². The fourth-order valence-electron chi connectivity index (χ4n) is 1.83. The van der Waals surface area contributed by atoms with E-state index in [1.165, 1.54) is 11.3 Å². The lowest BCUT2D eigenvalue weighted by Gasteiger charge is -2.07. The van der Waals surface area contributed by atoms with E-state index in [1.807, 2.05) is 17.5 Å². The van der Waals surface area contributed by atoms with Crippen LogP contribution in [0.1, 0.15) is 5.56 Å². The van der Waals surface area contributed by atoms with Crippen molar-refractivity contribution < 1.29 is 0 Å². The number of hydrogen-bond acceptors (Lipinski definition) is 3. The molecule has 0 aliphatic carbocycles. The number of halogens is 2. The minimum absolute atomic E-state index is 0.0500. The van der Waals surface area contributed by atoms with Gasteiger partial charge in [-0.1, -0.05) is 29.3 Å². The van der Waals surface area contributed by atoms with Gasteiger partial charge < -0.3 is 0 Å². The molecule has 19 heavy (non-hydrogen) atoms. The maximum atomic E-state index is 12.2. The first-order chi connectivity index (χ1) is 9.15. The molecule has 0 aliphatic heterocycles. The van der Waals surface area contributed by atoms with Crippen molar-refractivity contribution in [3.8, 4) is 0 Å². The van der Waals surface area contributed by atoms with Gasteiger partial charge in [0.05, 0.1) is 18.4 Å². The van der Waals surface area contributed by atoms with Crippen LogP contribution in [0.3, 0.4) is 0 Å². The van der Waals surface area contributed by atoms with Crippen LogP contribution >= 0.6 is 34.5 Å². The topological polar surface area (TPSA) is 34.9 Å². The molecular weight excluding hydrogens is 303 g/mol.